The lowest BCUT2D eigenvalue weighted by Gasteiger charge is -2.31. The minimum atomic E-state index is 0.215. The van der Waals surface area contributed by atoms with Gasteiger partial charge in [0.25, 0.3) is 0 Å². The van der Waals surface area contributed by atoms with E-state index in [1.165, 1.54) is 32.5 Å². The summed E-state index contributed by atoms with van der Waals surface area (Å²) in [6, 6.07) is 5.58. The first kappa shape index (κ1) is 16.1. The van der Waals surface area contributed by atoms with Crippen LogP contribution in [0.25, 0.3) is 0 Å². The molecule has 1 saturated heterocycles. The smallest absolute Gasteiger partial charge is 0.161 e. The molecule has 1 fully saturated rings. The van der Waals surface area contributed by atoms with E-state index in [4.69, 9.17) is 4.74 Å². The average molecular weight is 292 g/mol. The molecule has 1 aliphatic heterocycles. The predicted molar refractivity (Wildman–Crippen MR) is 85.8 cm³/mol. The lowest BCUT2D eigenvalue weighted by molar-refractivity contribution is 0.190. The van der Waals surface area contributed by atoms with E-state index in [1.807, 2.05) is 19.1 Å². The fourth-order valence-electron chi connectivity index (χ4n) is 2.87. The number of likely N-dealkylation sites (tertiary alicyclic amines) is 1. The average Bonchev–Trinajstić information content (AvgIpc) is 2.51. The first-order chi connectivity index (χ1) is 10.2. The molecule has 0 spiro atoms. The molecule has 4 heteroatoms. The van der Waals surface area contributed by atoms with Crippen LogP contribution in [0.4, 0.5) is 0 Å². The number of aromatic hydroxyl groups is 1. The van der Waals surface area contributed by atoms with Crippen molar-refractivity contribution >= 4 is 0 Å². The number of piperidine rings is 1. The van der Waals surface area contributed by atoms with Crippen LogP contribution in [0.3, 0.4) is 0 Å². The Morgan fingerprint density at radius 2 is 2.05 bits per heavy atom. The summed E-state index contributed by atoms with van der Waals surface area (Å²) in [7, 11) is 0. The number of phenols is 1. The molecule has 118 valence electrons. The van der Waals surface area contributed by atoms with Crippen molar-refractivity contribution in [2.24, 2.45) is 5.92 Å². The SMILES string of the molecule is CCOc1cc(CNCC2CCN(CC)CC2)ccc1O. The van der Waals surface area contributed by atoms with Gasteiger partial charge in [-0.05, 0) is 69.6 Å². The molecule has 0 unspecified atom stereocenters. The van der Waals surface area contributed by atoms with Crippen molar-refractivity contribution in [1.82, 2.24) is 10.2 Å². The van der Waals surface area contributed by atoms with Gasteiger partial charge in [0, 0.05) is 6.54 Å². The molecule has 2 N–H and O–H groups in total. The number of phenolic OH excluding ortho intramolecular Hbond substituents is 1. The van der Waals surface area contributed by atoms with Gasteiger partial charge in [0.05, 0.1) is 6.61 Å². The number of hydrogen-bond donors (Lipinski definition) is 2. The summed E-state index contributed by atoms with van der Waals surface area (Å²) in [6.07, 6.45) is 2.58. The number of rotatable bonds is 7. The zero-order valence-corrected chi connectivity index (χ0v) is 13.3. The molecular weight excluding hydrogens is 264 g/mol. The number of ether oxygens (including phenoxy) is 1. The maximum absolute atomic E-state index is 9.69. The Kier molecular flexibility index (Phi) is 6.33. The zero-order chi connectivity index (χ0) is 15.1. The van der Waals surface area contributed by atoms with Gasteiger partial charge in [-0.1, -0.05) is 13.0 Å². The van der Waals surface area contributed by atoms with Gasteiger partial charge in [0.15, 0.2) is 11.5 Å². The topological polar surface area (TPSA) is 44.7 Å². The van der Waals surface area contributed by atoms with E-state index in [2.05, 4.69) is 17.1 Å². The summed E-state index contributed by atoms with van der Waals surface area (Å²) in [6.45, 7) is 10.3. The van der Waals surface area contributed by atoms with Crippen LogP contribution in [0, 0.1) is 5.92 Å². The van der Waals surface area contributed by atoms with Gasteiger partial charge in [-0.25, -0.2) is 0 Å². The standard InChI is InChI=1S/C17H28N2O2/c1-3-19-9-7-14(8-10-19)12-18-13-15-5-6-16(20)17(11-15)21-4-2/h5-6,11,14,18,20H,3-4,7-10,12-13H2,1-2H3. The second-order valence-electron chi connectivity index (χ2n) is 5.74. The Bertz CT molecular complexity index is 429. The van der Waals surface area contributed by atoms with Crippen LogP contribution in [0.15, 0.2) is 18.2 Å². The Labute approximate surface area is 128 Å². The zero-order valence-electron chi connectivity index (χ0n) is 13.3. The van der Waals surface area contributed by atoms with Crippen molar-refractivity contribution in [1.29, 1.82) is 0 Å². The van der Waals surface area contributed by atoms with Gasteiger partial charge in [0.1, 0.15) is 0 Å². The van der Waals surface area contributed by atoms with E-state index in [0.29, 0.717) is 12.4 Å². The normalized spacial score (nSPS) is 17.0. The van der Waals surface area contributed by atoms with E-state index < -0.39 is 0 Å². The van der Waals surface area contributed by atoms with Gasteiger partial charge in [-0.3, -0.25) is 0 Å². The van der Waals surface area contributed by atoms with Crippen LogP contribution in [-0.2, 0) is 6.54 Å². The first-order valence-corrected chi connectivity index (χ1v) is 8.10. The molecule has 1 heterocycles. The third-order valence-corrected chi connectivity index (χ3v) is 4.24. The van der Waals surface area contributed by atoms with Gasteiger partial charge in [-0.15, -0.1) is 0 Å². The molecule has 0 aliphatic carbocycles. The van der Waals surface area contributed by atoms with Gasteiger partial charge >= 0.3 is 0 Å². The molecule has 1 aromatic carbocycles. The van der Waals surface area contributed by atoms with Gasteiger partial charge < -0.3 is 20.1 Å². The molecule has 0 saturated carbocycles. The van der Waals surface area contributed by atoms with E-state index >= 15 is 0 Å². The third kappa shape index (κ3) is 4.90. The second-order valence-corrected chi connectivity index (χ2v) is 5.74. The number of hydrogen-bond acceptors (Lipinski definition) is 4. The van der Waals surface area contributed by atoms with E-state index in [-0.39, 0.29) is 5.75 Å². The molecule has 21 heavy (non-hydrogen) atoms. The minimum absolute atomic E-state index is 0.215. The van der Waals surface area contributed by atoms with Crippen LogP contribution >= 0.6 is 0 Å². The predicted octanol–water partition coefficient (Wildman–Crippen LogP) is 2.61. The molecule has 1 aliphatic rings. The highest BCUT2D eigenvalue weighted by Gasteiger charge is 2.17. The summed E-state index contributed by atoms with van der Waals surface area (Å²) in [5.74, 6) is 1.58. The molecular formula is C17H28N2O2. The summed E-state index contributed by atoms with van der Waals surface area (Å²) in [4.78, 5) is 2.52. The Hall–Kier alpha value is -1.26. The number of nitrogens with zero attached hydrogens (tertiary/aromatic N) is 1. The van der Waals surface area contributed by atoms with Crippen molar-refractivity contribution in [3.63, 3.8) is 0 Å². The fourth-order valence-corrected chi connectivity index (χ4v) is 2.87. The maximum Gasteiger partial charge on any atom is 0.161 e. The van der Waals surface area contributed by atoms with Crippen LogP contribution < -0.4 is 10.1 Å². The third-order valence-electron chi connectivity index (χ3n) is 4.24. The van der Waals surface area contributed by atoms with E-state index in [1.54, 1.807) is 6.07 Å². The van der Waals surface area contributed by atoms with Crippen LogP contribution in [0.5, 0.6) is 11.5 Å². The summed E-state index contributed by atoms with van der Waals surface area (Å²) in [5.41, 5.74) is 1.15. The Morgan fingerprint density at radius 1 is 1.29 bits per heavy atom. The number of benzene rings is 1. The molecule has 0 radical (unpaired) electrons. The van der Waals surface area contributed by atoms with E-state index in [0.717, 1.165) is 24.6 Å². The highest BCUT2D eigenvalue weighted by molar-refractivity contribution is 5.41. The number of nitrogens with one attached hydrogen (secondary N) is 1. The van der Waals surface area contributed by atoms with Crippen molar-refractivity contribution in [2.75, 3.05) is 32.8 Å². The van der Waals surface area contributed by atoms with Crippen LogP contribution in [0.1, 0.15) is 32.3 Å². The van der Waals surface area contributed by atoms with Crippen molar-refractivity contribution < 1.29 is 9.84 Å². The minimum Gasteiger partial charge on any atom is -0.504 e. The summed E-state index contributed by atoms with van der Waals surface area (Å²) < 4.78 is 5.41. The maximum atomic E-state index is 9.69. The van der Waals surface area contributed by atoms with Crippen molar-refractivity contribution in [3.05, 3.63) is 23.8 Å². The quantitative estimate of drug-likeness (QED) is 0.811. The highest BCUT2D eigenvalue weighted by Crippen LogP contribution is 2.26. The Morgan fingerprint density at radius 3 is 2.71 bits per heavy atom. The Balaban J connectivity index is 1.75. The van der Waals surface area contributed by atoms with Crippen molar-refractivity contribution in [3.8, 4) is 11.5 Å². The highest BCUT2D eigenvalue weighted by atomic mass is 16.5. The molecule has 1 aromatic rings. The fraction of sp³-hybridized carbons (Fsp3) is 0.647. The largest absolute Gasteiger partial charge is 0.504 e. The lowest BCUT2D eigenvalue weighted by atomic mass is 9.97. The van der Waals surface area contributed by atoms with Gasteiger partial charge in [0.2, 0.25) is 0 Å². The molecule has 0 aromatic heterocycles. The monoisotopic (exact) mass is 292 g/mol. The van der Waals surface area contributed by atoms with Crippen LogP contribution in [-0.4, -0.2) is 42.8 Å². The molecule has 0 bridgehead atoms. The summed E-state index contributed by atoms with van der Waals surface area (Å²) >= 11 is 0. The summed E-state index contributed by atoms with van der Waals surface area (Å²) in [5, 5.41) is 13.2. The lowest BCUT2D eigenvalue weighted by Crippen LogP contribution is -2.36. The van der Waals surface area contributed by atoms with Crippen LogP contribution in [0.2, 0.25) is 0 Å². The van der Waals surface area contributed by atoms with E-state index in [9.17, 15) is 5.11 Å². The first-order valence-electron chi connectivity index (χ1n) is 8.10. The molecule has 4 nitrogen and oxygen atoms in total. The van der Waals surface area contributed by atoms with Crippen molar-refractivity contribution in [2.45, 2.75) is 33.2 Å². The molecule has 0 atom stereocenters. The second kappa shape index (κ2) is 8.25. The van der Waals surface area contributed by atoms with Gasteiger partial charge in [-0.2, -0.15) is 0 Å². The molecule has 2 rings (SSSR count). The molecule has 0 amide bonds.